The Kier molecular flexibility index (Phi) is 5.87. The highest BCUT2D eigenvalue weighted by Gasteiger charge is 2.42. The second-order valence-electron chi connectivity index (χ2n) is 8.75. The van der Waals surface area contributed by atoms with E-state index in [0.717, 1.165) is 11.3 Å². The van der Waals surface area contributed by atoms with Gasteiger partial charge in [-0.3, -0.25) is 0 Å². The van der Waals surface area contributed by atoms with Crippen LogP contribution in [0.25, 0.3) is 16.7 Å². The largest absolute Gasteiger partial charge is 0.457 e. The van der Waals surface area contributed by atoms with Crippen molar-refractivity contribution in [3.8, 4) is 11.5 Å². The zero-order valence-electron chi connectivity index (χ0n) is 20.0. The number of benzene rings is 1. The van der Waals surface area contributed by atoms with E-state index in [0.29, 0.717) is 40.5 Å². The van der Waals surface area contributed by atoms with Crippen molar-refractivity contribution < 1.29 is 17.9 Å². The Morgan fingerprint density at radius 3 is 2.82 bits per heavy atom. The van der Waals surface area contributed by atoms with Crippen LogP contribution in [-0.2, 0) is 0 Å². The first kappa shape index (κ1) is 23.8. The van der Waals surface area contributed by atoms with Crippen molar-refractivity contribution in [1.29, 1.82) is 0 Å². The molecule has 1 atom stereocenters. The number of aryl methyl sites for hydroxylation is 1. The average Bonchev–Trinajstić information content (AvgIpc) is 3.38. The zero-order valence-corrected chi connectivity index (χ0v) is 20.0. The Hall–Kier alpha value is -4.59. The van der Waals surface area contributed by atoms with Gasteiger partial charge in [0.15, 0.2) is 11.5 Å². The number of fused-ring (bicyclic) bond motifs is 2. The lowest BCUT2D eigenvalue weighted by molar-refractivity contribution is -0.155. The molecule has 6 rings (SSSR count). The Labute approximate surface area is 213 Å². The van der Waals surface area contributed by atoms with Gasteiger partial charge in [0.25, 0.3) is 0 Å². The molecule has 0 unspecified atom stereocenters. The van der Waals surface area contributed by atoms with Crippen LogP contribution in [0.5, 0.6) is 11.5 Å². The molecule has 4 aromatic heterocycles. The molecule has 1 aliphatic heterocycles. The standard InChI is InChI=1S/C24H21F3N10O/c1-14-8-15(2-3-18(14)38-16-4-6-37-20(9-16)31-13-33-37)34-22-21-17(30-12-32-22)10-29-23(35-21)36-7-5-28-19(11-36)24(25,26)27/h2-4,6,8-10,12-13,19,28H,5,7,11H2,1H3,(H,30,32,34)/t19-/m1/s1. The Bertz CT molecular complexity index is 1620. The molecule has 0 spiro atoms. The maximum atomic E-state index is 13.2. The highest BCUT2D eigenvalue weighted by atomic mass is 19.4. The molecule has 11 nitrogen and oxygen atoms in total. The van der Waals surface area contributed by atoms with Gasteiger partial charge in [0.1, 0.15) is 41.2 Å². The minimum absolute atomic E-state index is 0.169. The van der Waals surface area contributed by atoms with Crippen molar-refractivity contribution in [3.05, 3.63) is 60.9 Å². The number of aromatic nitrogens is 7. The Morgan fingerprint density at radius 1 is 1.08 bits per heavy atom. The average molecular weight is 522 g/mol. The number of hydrogen-bond acceptors (Lipinski definition) is 10. The normalized spacial score (nSPS) is 16.2. The lowest BCUT2D eigenvalue weighted by Crippen LogP contribution is -2.57. The number of anilines is 3. The van der Waals surface area contributed by atoms with Crippen molar-refractivity contribution >= 4 is 34.1 Å². The van der Waals surface area contributed by atoms with Gasteiger partial charge in [-0.2, -0.15) is 18.3 Å². The highest BCUT2D eigenvalue weighted by molar-refractivity contribution is 5.87. The molecular weight excluding hydrogens is 501 g/mol. The molecule has 2 N–H and O–H groups in total. The molecule has 0 saturated carbocycles. The van der Waals surface area contributed by atoms with Crippen molar-refractivity contribution in [2.24, 2.45) is 0 Å². The molecular formula is C24H21F3N10O. The topological polar surface area (TPSA) is 118 Å². The molecule has 0 bridgehead atoms. The van der Waals surface area contributed by atoms with Gasteiger partial charge >= 0.3 is 6.18 Å². The van der Waals surface area contributed by atoms with E-state index in [-0.39, 0.29) is 19.0 Å². The maximum absolute atomic E-state index is 13.2. The van der Waals surface area contributed by atoms with E-state index >= 15 is 0 Å². The van der Waals surface area contributed by atoms with Crippen molar-refractivity contribution in [3.63, 3.8) is 0 Å². The summed E-state index contributed by atoms with van der Waals surface area (Å²) in [6.07, 6.45) is 1.75. The van der Waals surface area contributed by atoms with Crippen LogP contribution in [0, 0.1) is 6.92 Å². The Morgan fingerprint density at radius 2 is 1.97 bits per heavy atom. The lowest BCUT2D eigenvalue weighted by atomic mass is 10.2. The van der Waals surface area contributed by atoms with Gasteiger partial charge in [-0.25, -0.2) is 29.4 Å². The number of nitrogens with zero attached hydrogens (tertiary/aromatic N) is 8. The zero-order chi connectivity index (χ0) is 26.3. The van der Waals surface area contributed by atoms with Gasteiger partial charge in [-0.05, 0) is 36.8 Å². The SMILES string of the molecule is Cc1cc(Nc2ncnc3cnc(N4CCN[C@@H](C(F)(F)F)C4)nc23)ccc1Oc1ccn2ncnc2c1. The van der Waals surface area contributed by atoms with Gasteiger partial charge in [-0.1, -0.05) is 0 Å². The molecule has 5 aromatic rings. The summed E-state index contributed by atoms with van der Waals surface area (Å²) >= 11 is 0. The molecule has 0 aliphatic carbocycles. The van der Waals surface area contributed by atoms with Gasteiger partial charge in [-0.15, -0.1) is 0 Å². The van der Waals surface area contributed by atoms with Crippen LogP contribution in [0.15, 0.2) is 55.4 Å². The fraction of sp³-hybridized carbons (Fsp3) is 0.250. The van der Waals surface area contributed by atoms with Gasteiger partial charge in [0.2, 0.25) is 5.95 Å². The third kappa shape index (κ3) is 4.72. The number of halogens is 3. The number of rotatable bonds is 5. The van der Waals surface area contributed by atoms with Crippen LogP contribution < -0.4 is 20.3 Å². The van der Waals surface area contributed by atoms with E-state index in [4.69, 9.17) is 4.74 Å². The van der Waals surface area contributed by atoms with Crippen LogP contribution in [-0.4, -0.2) is 66.4 Å². The first-order valence-corrected chi connectivity index (χ1v) is 11.7. The van der Waals surface area contributed by atoms with Crippen LogP contribution in [0.3, 0.4) is 0 Å². The highest BCUT2D eigenvalue weighted by Crippen LogP contribution is 2.30. The number of ether oxygens (including phenoxy) is 1. The van der Waals surface area contributed by atoms with Crippen LogP contribution in [0.4, 0.5) is 30.6 Å². The summed E-state index contributed by atoms with van der Waals surface area (Å²) in [4.78, 5) is 23.0. The van der Waals surface area contributed by atoms with E-state index in [1.54, 1.807) is 22.8 Å². The predicted octanol–water partition coefficient (Wildman–Crippen LogP) is 3.65. The number of hydrogen-bond donors (Lipinski definition) is 2. The fourth-order valence-corrected chi connectivity index (χ4v) is 4.20. The summed E-state index contributed by atoms with van der Waals surface area (Å²) < 4.78 is 47.4. The molecule has 0 amide bonds. The molecule has 1 fully saturated rings. The monoisotopic (exact) mass is 522 g/mol. The Balaban J connectivity index is 1.24. The summed E-state index contributed by atoms with van der Waals surface area (Å²) in [6, 6.07) is 7.49. The molecule has 194 valence electrons. The molecule has 38 heavy (non-hydrogen) atoms. The lowest BCUT2D eigenvalue weighted by Gasteiger charge is -2.34. The van der Waals surface area contributed by atoms with Gasteiger partial charge in [0.05, 0.1) is 6.20 Å². The minimum atomic E-state index is -4.36. The van der Waals surface area contributed by atoms with Crippen molar-refractivity contribution in [1.82, 2.24) is 39.9 Å². The first-order chi connectivity index (χ1) is 18.3. The van der Waals surface area contributed by atoms with E-state index in [9.17, 15) is 13.2 Å². The predicted molar refractivity (Wildman–Crippen MR) is 133 cm³/mol. The quantitative estimate of drug-likeness (QED) is 0.354. The first-order valence-electron chi connectivity index (χ1n) is 11.7. The number of nitrogens with one attached hydrogen (secondary N) is 2. The van der Waals surface area contributed by atoms with Crippen molar-refractivity contribution in [2.45, 2.75) is 19.1 Å². The van der Waals surface area contributed by atoms with Crippen LogP contribution in [0.2, 0.25) is 0 Å². The summed E-state index contributed by atoms with van der Waals surface area (Å²) in [5, 5.41) is 9.80. The van der Waals surface area contributed by atoms with Crippen molar-refractivity contribution in [2.75, 3.05) is 29.9 Å². The van der Waals surface area contributed by atoms with Crippen LogP contribution >= 0.6 is 0 Å². The number of pyridine rings is 1. The summed E-state index contributed by atoms with van der Waals surface area (Å²) in [6.45, 7) is 2.15. The van der Waals surface area contributed by atoms with Gasteiger partial charge < -0.3 is 20.3 Å². The fourth-order valence-electron chi connectivity index (χ4n) is 4.20. The molecule has 0 radical (unpaired) electrons. The number of alkyl halides is 3. The van der Waals surface area contributed by atoms with E-state index in [1.807, 2.05) is 25.1 Å². The summed E-state index contributed by atoms with van der Waals surface area (Å²) in [5.41, 5.74) is 3.13. The smallest absolute Gasteiger partial charge is 0.405 e. The second-order valence-corrected chi connectivity index (χ2v) is 8.75. The number of piperazine rings is 1. The molecule has 1 saturated heterocycles. The second kappa shape index (κ2) is 9.37. The summed E-state index contributed by atoms with van der Waals surface area (Å²) in [7, 11) is 0. The molecule has 5 heterocycles. The summed E-state index contributed by atoms with van der Waals surface area (Å²) in [5.74, 6) is 1.89. The molecule has 1 aromatic carbocycles. The molecule has 1 aliphatic rings. The molecule has 14 heteroatoms. The van der Waals surface area contributed by atoms with E-state index < -0.39 is 12.2 Å². The van der Waals surface area contributed by atoms with E-state index in [1.165, 1.54) is 23.8 Å². The van der Waals surface area contributed by atoms with Gasteiger partial charge in [0, 0.05) is 37.6 Å². The van der Waals surface area contributed by atoms with E-state index in [2.05, 4.69) is 40.7 Å². The minimum Gasteiger partial charge on any atom is -0.457 e. The third-order valence-corrected chi connectivity index (χ3v) is 6.14. The van der Waals surface area contributed by atoms with Crippen LogP contribution in [0.1, 0.15) is 5.56 Å². The third-order valence-electron chi connectivity index (χ3n) is 6.14. The maximum Gasteiger partial charge on any atom is 0.405 e.